The number of thiophene rings is 1. The van der Waals surface area contributed by atoms with Crippen molar-refractivity contribution in [2.45, 2.75) is 32.3 Å². The van der Waals surface area contributed by atoms with Gasteiger partial charge < -0.3 is 14.8 Å². The maximum Gasteiger partial charge on any atom is 0.341 e. The van der Waals surface area contributed by atoms with Crippen LogP contribution in [0.25, 0.3) is 0 Å². The minimum absolute atomic E-state index is 0.324. The fourth-order valence-electron chi connectivity index (χ4n) is 3.77. The number of halogens is 1. The second kappa shape index (κ2) is 11.8. The van der Waals surface area contributed by atoms with Gasteiger partial charge in [0.05, 0.1) is 18.9 Å². The van der Waals surface area contributed by atoms with Crippen molar-refractivity contribution in [3.63, 3.8) is 0 Å². The highest BCUT2D eigenvalue weighted by atomic mass is 35.5. The third-order valence-electron chi connectivity index (χ3n) is 5.61. The van der Waals surface area contributed by atoms with Gasteiger partial charge >= 0.3 is 17.8 Å². The molecule has 2 N–H and O–H groups in total. The Morgan fingerprint density at radius 2 is 1.81 bits per heavy atom. The number of carbonyl (C=O) groups excluding carboxylic acids is 3. The molecule has 0 saturated heterocycles. The molecule has 4 rings (SSSR count). The monoisotopic (exact) mass is 525 g/mol. The summed E-state index contributed by atoms with van der Waals surface area (Å²) in [5.74, 6) is -1.75. The smallest absolute Gasteiger partial charge is 0.341 e. The molecule has 0 bridgehead atoms. The molecule has 2 amide bonds. The van der Waals surface area contributed by atoms with Crippen LogP contribution in [0.1, 0.15) is 44.8 Å². The van der Waals surface area contributed by atoms with Crippen molar-refractivity contribution in [3.8, 4) is 5.75 Å². The second-order valence-electron chi connectivity index (χ2n) is 8.01. The highest BCUT2D eigenvalue weighted by molar-refractivity contribution is 7.17. The van der Waals surface area contributed by atoms with Crippen molar-refractivity contribution in [1.82, 2.24) is 5.43 Å². The number of fused-ring (bicyclic) bond motifs is 1. The van der Waals surface area contributed by atoms with Gasteiger partial charge in [0.15, 0.2) is 0 Å². The zero-order valence-corrected chi connectivity index (χ0v) is 21.1. The number of benzene rings is 2. The first-order valence-electron chi connectivity index (χ1n) is 11.3. The van der Waals surface area contributed by atoms with E-state index in [-0.39, 0.29) is 0 Å². The number of nitrogens with one attached hydrogen (secondary N) is 2. The number of rotatable bonds is 7. The molecule has 8 nitrogen and oxygen atoms in total. The van der Waals surface area contributed by atoms with Crippen molar-refractivity contribution in [2.75, 3.05) is 12.4 Å². The van der Waals surface area contributed by atoms with Gasteiger partial charge in [-0.3, -0.25) is 9.59 Å². The van der Waals surface area contributed by atoms with Crippen LogP contribution in [0.15, 0.2) is 53.6 Å². The van der Waals surface area contributed by atoms with Gasteiger partial charge in [0.2, 0.25) is 0 Å². The molecule has 0 spiro atoms. The minimum atomic E-state index is -0.951. The summed E-state index contributed by atoms with van der Waals surface area (Å²) in [7, 11) is 1.29. The highest BCUT2D eigenvalue weighted by Gasteiger charge is 2.28. The van der Waals surface area contributed by atoms with Crippen molar-refractivity contribution in [2.24, 2.45) is 5.10 Å². The lowest BCUT2D eigenvalue weighted by Gasteiger charge is -2.11. The van der Waals surface area contributed by atoms with Crippen LogP contribution in [0, 0.1) is 0 Å². The van der Waals surface area contributed by atoms with Crippen LogP contribution in [-0.2, 0) is 33.8 Å². The quantitative estimate of drug-likeness (QED) is 0.201. The Balaban J connectivity index is 1.32. The zero-order valence-electron chi connectivity index (χ0n) is 19.5. The Hall–Kier alpha value is -3.69. The molecule has 10 heteroatoms. The molecule has 1 heterocycles. The lowest BCUT2D eigenvalue weighted by atomic mass is 9.95. The van der Waals surface area contributed by atoms with E-state index in [1.807, 2.05) is 18.2 Å². The average molecular weight is 526 g/mol. The lowest BCUT2D eigenvalue weighted by Crippen LogP contribution is -2.32. The van der Waals surface area contributed by atoms with Crippen molar-refractivity contribution in [3.05, 3.63) is 80.7 Å². The number of hydrogen-bond donors (Lipinski definition) is 2. The number of methoxy groups -OCH3 is 1. The fourth-order valence-corrected chi connectivity index (χ4v) is 5.24. The summed E-state index contributed by atoms with van der Waals surface area (Å²) < 4.78 is 10.6. The Morgan fingerprint density at radius 1 is 1.06 bits per heavy atom. The van der Waals surface area contributed by atoms with Gasteiger partial charge in [-0.25, -0.2) is 10.2 Å². The number of hydrogen-bond acceptors (Lipinski definition) is 7. The number of hydrazone groups is 1. The third-order valence-corrected chi connectivity index (χ3v) is 7.18. The van der Waals surface area contributed by atoms with E-state index in [1.165, 1.54) is 24.7 Å². The first kappa shape index (κ1) is 25.4. The Morgan fingerprint density at radius 3 is 2.56 bits per heavy atom. The maximum atomic E-state index is 12.4. The minimum Gasteiger partial charge on any atom is -0.489 e. The highest BCUT2D eigenvalue weighted by Crippen LogP contribution is 2.38. The molecule has 1 aliphatic rings. The van der Waals surface area contributed by atoms with E-state index < -0.39 is 17.8 Å². The van der Waals surface area contributed by atoms with Gasteiger partial charge in [0.25, 0.3) is 0 Å². The number of amides is 2. The number of aryl methyl sites for hydroxylation is 1. The van der Waals surface area contributed by atoms with Gasteiger partial charge in [-0.2, -0.15) is 5.10 Å². The van der Waals surface area contributed by atoms with Crippen LogP contribution in [0.2, 0.25) is 5.02 Å². The van der Waals surface area contributed by atoms with E-state index in [2.05, 4.69) is 15.8 Å². The van der Waals surface area contributed by atoms with Crippen LogP contribution in [0.3, 0.4) is 0 Å². The number of ether oxygens (including phenoxy) is 2. The zero-order chi connectivity index (χ0) is 25.5. The molecule has 1 aliphatic carbocycles. The molecule has 0 aliphatic heterocycles. The van der Waals surface area contributed by atoms with Gasteiger partial charge in [0.1, 0.15) is 17.4 Å². The SMILES string of the molecule is COC(=O)c1c(NC(=O)C(=O)NN=Cc2ccc(OCc3ccccc3Cl)cc2)sc2c1CCCC2. The van der Waals surface area contributed by atoms with Crippen LogP contribution < -0.4 is 15.5 Å². The van der Waals surface area contributed by atoms with Crippen LogP contribution in [-0.4, -0.2) is 31.1 Å². The van der Waals surface area contributed by atoms with Gasteiger partial charge in [-0.1, -0.05) is 29.8 Å². The number of anilines is 1. The standard InChI is InChI=1S/C26H24ClN3O5S/c1-34-26(33)22-19-7-3-5-9-21(19)36-25(22)29-23(31)24(32)30-28-14-16-10-12-18(13-11-16)35-15-17-6-2-4-8-20(17)27/h2,4,6,8,10-14H,3,5,7,9,15H2,1H3,(H,29,31)(H,30,32). The summed E-state index contributed by atoms with van der Waals surface area (Å²) in [5.41, 5.74) is 5.01. The van der Waals surface area contributed by atoms with E-state index in [0.29, 0.717) is 33.5 Å². The largest absolute Gasteiger partial charge is 0.489 e. The van der Waals surface area contributed by atoms with E-state index in [0.717, 1.165) is 41.7 Å². The normalized spacial score (nSPS) is 12.6. The summed E-state index contributed by atoms with van der Waals surface area (Å²) in [6.07, 6.45) is 4.97. The van der Waals surface area contributed by atoms with E-state index in [1.54, 1.807) is 30.3 Å². The molecular weight excluding hydrogens is 502 g/mol. The van der Waals surface area contributed by atoms with E-state index >= 15 is 0 Å². The van der Waals surface area contributed by atoms with Gasteiger partial charge in [-0.15, -0.1) is 11.3 Å². The predicted molar refractivity (Wildman–Crippen MR) is 139 cm³/mol. The summed E-state index contributed by atoms with van der Waals surface area (Å²) in [5, 5.41) is 7.35. The van der Waals surface area contributed by atoms with Crippen molar-refractivity contribution < 1.29 is 23.9 Å². The number of nitrogens with zero attached hydrogens (tertiary/aromatic N) is 1. The number of esters is 1. The van der Waals surface area contributed by atoms with Gasteiger partial charge in [-0.05, 0) is 67.1 Å². The van der Waals surface area contributed by atoms with Crippen LogP contribution >= 0.6 is 22.9 Å². The Bertz CT molecular complexity index is 1300. The van der Waals surface area contributed by atoms with Crippen LogP contribution in [0.5, 0.6) is 5.75 Å². The summed E-state index contributed by atoms with van der Waals surface area (Å²) in [6, 6.07) is 14.5. The molecule has 36 heavy (non-hydrogen) atoms. The Kier molecular flexibility index (Phi) is 8.35. The second-order valence-corrected chi connectivity index (χ2v) is 9.52. The first-order valence-corrected chi connectivity index (χ1v) is 12.5. The summed E-state index contributed by atoms with van der Waals surface area (Å²) in [4.78, 5) is 38.0. The molecule has 3 aromatic rings. The molecule has 1 aromatic heterocycles. The fraction of sp³-hybridized carbons (Fsp3) is 0.231. The molecule has 186 valence electrons. The molecule has 0 unspecified atom stereocenters. The predicted octanol–water partition coefficient (Wildman–Crippen LogP) is 4.73. The maximum absolute atomic E-state index is 12.4. The molecular formula is C26H24ClN3O5S. The molecule has 0 fully saturated rings. The van der Waals surface area contributed by atoms with E-state index in [9.17, 15) is 14.4 Å². The topological polar surface area (TPSA) is 106 Å². The van der Waals surface area contributed by atoms with E-state index in [4.69, 9.17) is 21.1 Å². The molecule has 0 saturated carbocycles. The van der Waals surface area contributed by atoms with Crippen molar-refractivity contribution in [1.29, 1.82) is 0 Å². The molecule has 2 aromatic carbocycles. The van der Waals surface area contributed by atoms with Gasteiger partial charge in [0, 0.05) is 15.5 Å². The first-order chi connectivity index (χ1) is 17.5. The summed E-state index contributed by atoms with van der Waals surface area (Å²) in [6.45, 7) is 0.337. The summed E-state index contributed by atoms with van der Waals surface area (Å²) >= 11 is 7.44. The lowest BCUT2D eigenvalue weighted by molar-refractivity contribution is -0.136. The molecule has 0 radical (unpaired) electrons. The average Bonchev–Trinajstić information content (AvgIpc) is 3.26. The number of carbonyl (C=O) groups is 3. The van der Waals surface area contributed by atoms with Crippen molar-refractivity contribution >= 4 is 51.9 Å². The third kappa shape index (κ3) is 6.10. The van der Waals surface area contributed by atoms with Crippen LogP contribution in [0.4, 0.5) is 5.00 Å². The molecule has 0 atom stereocenters. The Labute approximate surface area is 217 Å².